The molecule has 0 unspecified atom stereocenters. The first-order valence-electron chi connectivity index (χ1n) is 3.67. The summed E-state index contributed by atoms with van der Waals surface area (Å²) in [5.41, 5.74) is 6.19. The Kier molecular flexibility index (Phi) is 1.70. The Balaban J connectivity index is 2.49. The zero-order chi connectivity index (χ0) is 9.26. The molecule has 1 heterocycles. The summed E-state index contributed by atoms with van der Waals surface area (Å²) < 4.78 is 14.3. The first kappa shape index (κ1) is 7.72. The van der Waals surface area contributed by atoms with Crippen LogP contribution in [-0.2, 0) is 0 Å². The van der Waals surface area contributed by atoms with Crippen LogP contribution >= 0.6 is 0 Å². The van der Waals surface area contributed by atoms with Gasteiger partial charge >= 0.3 is 0 Å². The summed E-state index contributed by atoms with van der Waals surface area (Å²) in [5, 5.41) is 3.88. The zero-order valence-electron chi connectivity index (χ0n) is 6.68. The van der Waals surface area contributed by atoms with Crippen molar-refractivity contribution in [3.05, 3.63) is 36.7 Å². The molecule has 2 N–H and O–H groups in total. The fraction of sp³-hybridized carbons (Fsp3) is 0. The summed E-state index contributed by atoms with van der Waals surface area (Å²) in [7, 11) is 0. The van der Waals surface area contributed by atoms with Gasteiger partial charge in [-0.15, -0.1) is 0 Å². The number of anilines is 1. The van der Waals surface area contributed by atoms with E-state index in [9.17, 15) is 4.39 Å². The summed E-state index contributed by atoms with van der Waals surface area (Å²) in [6, 6.07) is 4.39. The van der Waals surface area contributed by atoms with Crippen molar-refractivity contribution in [1.29, 1.82) is 0 Å². The van der Waals surface area contributed by atoms with E-state index in [0.29, 0.717) is 5.69 Å². The first-order chi connectivity index (χ1) is 6.27. The van der Waals surface area contributed by atoms with E-state index in [1.165, 1.54) is 29.5 Å². The Morgan fingerprint density at radius 2 is 2.23 bits per heavy atom. The van der Waals surface area contributed by atoms with Gasteiger partial charge in [0.1, 0.15) is 18.5 Å². The van der Waals surface area contributed by atoms with Crippen LogP contribution in [0.4, 0.5) is 10.1 Å². The van der Waals surface area contributed by atoms with Crippen LogP contribution in [0.5, 0.6) is 0 Å². The van der Waals surface area contributed by atoms with Crippen LogP contribution in [0, 0.1) is 5.82 Å². The molecule has 0 fully saturated rings. The number of hydrogen-bond donors (Lipinski definition) is 1. The molecular weight excluding hydrogens is 171 g/mol. The van der Waals surface area contributed by atoms with E-state index in [0.717, 1.165) is 0 Å². The van der Waals surface area contributed by atoms with Crippen molar-refractivity contribution in [3.63, 3.8) is 0 Å². The Morgan fingerprint density at radius 1 is 1.38 bits per heavy atom. The summed E-state index contributed by atoms with van der Waals surface area (Å²) in [6.45, 7) is 0. The number of hydrogen-bond acceptors (Lipinski definition) is 3. The van der Waals surface area contributed by atoms with Crippen molar-refractivity contribution in [2.45, 2.75) is 0 Å². The summed E-state index contributed by atoms with van der Waals surface area (Å²) in [5.74, 6) is -0.427. The number of nitrogen functional groups attached to an aromatic ring is 1. The molecule has 2 aromatic rings. The largest absolute Gasteiger partial charge is 0.396 e. The number of benzene rings is 1. The molecule has 1 aromatic heterocycles. The van der Waals surface area contributed by atoms with Crippen molar-refractivity contribution < 1.29 is 4.39 Å². The Bertz CT molecular complexity index is 410. The van der Waals surface area contributed by atoms with E-state index in [1.807, 2.05) is 0 Å². The van der Waals surface area contributed by atoms with Crippen LogP contribution in [0.25, 0.3) is 5.69 Å². The molecule has 13 heavy (non-hydrogen) atoms. The summed E-state index contributed by atoms with van der Waals surface area (Å²) in [6.07, 6.45) is 2.92. The molecule has 0 aliphatic rings. The van der Waals surface area contributed by atoms with Gasteiger partial charge in [0.05, 0.1) is 11.4 Å². The van der Waals surface area contributed by atoms with Gasteiger partial charge in [-0.1, -0.05) is 0 Å². The second-order valence-corrected chi connectivity index (χ2v) is 2.55. The molecule has 66 valence electrons. The lowest BCUT2D eigenvalue weighted by molar-refractivity contribution is 0.631. The minimum Gasteiger partial charge on any atom is -0.396 e. The van der Waals surface area contributed by atoms with Gasteiger partial charge < -0.3 is 5.73 Å². The van der Waals surface area contributed by atoms with Crippen LogP contribution < -0.4 is 5.73 Å². The highest BCUT2D eigenvalue weighted by molar-refractivity contribution is 5.48. The SMILES string of the molecule is Nc1cc(-n2cncn2)ccc1F. The second-order valence-electron chi connectivity index (χ2n) is 2.55. The van der Waals surface area contributed by atoms with Crippen molar-refractivity contribution in [3.8, 4) is 5.69 Å². The Hall–Kier alpha value is -1.91. The molecule has 0 radical (unpaired) electrons. The zero-order valence-corrected chi connectivity index (χ0v) is 6.68. The van der Waals surface area contributed by atoms with Crippen molar-refractivity contribution in [2.75, 3.05) is 5.73 Å². The van der Waals surface area contributed by atoms with Gasteiger partial charge in [-0.05, 0) is 18.2 Å². The molecule has 2 rings (SSSR count). The maximum Gasteiger partial charge on any atom is 0.146 e. The van der Waals surface area contributed by atoms with Gasteiger partial charge in [0.2, 0.25) is 0 Å². The molecule has 0 aliphatic heterocycles. The van der Waals surface area contributed by atoms with Gasteiger partial charge in [0.15, 0.2) is 0 Å². The van der Waals surface area contributed by atoms with Gasteiger partial charge in [0, 0.05) is 0 Å². The lowest BCUT2D eigenvalue weighted by Gasteiger charge is -2.01. The van der Waals surface area contributed by atoms with Crippen molar-refractivity contribution in [2.24, 2.45) is 0 Å². The lowest BCUT2D eigenvalue weighted by Crippen LogP contribution is -1.97. The maximum atomic E-state index is 12.8. The monoisotopic (exact) mass is 178 g/mol. The topological polar surface area (TPSA) is 56.7 Å². The van der Waals surface area contributed by atoms with Gasteiger partial charge in [-0.3, -0.25) is 0 Å². The molecule has 0 spiro atoms. The highest BCUT2D eigenvalue weighted by Crippen LogP contribution is 2.14. The number of aromatic nitrogens is 3. The fourth-order valence-corrected chi connectivity index (χ4v) is 1.02. The van der Waals surface area contributed by atoms with E-state index in [4.69, 9.17) is 5.73 Å². The second kappa shape index (κ2) is 2.85. The molecule has 0 aliphatic carbocycles. The molecule has 0 amide bonds. The van der Waals surface area contributed by atoms with E-state index < -0.39 is 5.82 Å². The van der Waals surface area contributed by atoms with Gasteiger partial charge in [-0.25, -0.2) is 14.1 Å². The number of halogens is 1. The molecule has 0 bridgehead atoms. The van der Waals surface area contributed by atoms with Crippen LogP contribution in [0.3, 0.4) is 0 Å². The molecule has 0 saturated heterocycles. The summed E-state index contributed by atoms with van der Waals surface area (Å²) in [4.78, 5) is 3.77. The van der Waals surface area contributed by atoms with Gasteiger partial charge in [0.25, 0.3) is 0 Å². The molecule has 5 heteroatoms. The number of rotatable bonds is 1. The Morgan fingerprint density at radius 3 is 2.85 bits per heavy atom. The third-order valence-electron chi connectivity index (χ3n) is 1.66. The minimum absolute atomic E-state index is 0.105. The smallest absolute Gasteiger partial charge is 0.146 e. The number of nitrogens with two attached hydrogens (primary N) is 1. The highest BCUT2D eigenvalue weighted by atomic mass is 19.1. The van der Waals surface area contributed by atoms with Crippen molar-refractivity contribution in [1.82, 2.24) is 14.8 Å². The predicted molar refractivity (Wildman–Crippen MR) is 45.7 cm³/mol. The Labute approximate surface area is 73.8 Å². The normalized spacial score (nSPS) is 10.2. The van der Waals surface area contributed by atoms with Crippen LogP contribution in [0.15, 0.2) is 30.9 Å². The standard InChI is InChI=1S/C8H7FN4/c9-7-2-1-6(3-8(7)10)13-5-11-4-12-13/h1-5H,10H2. The van der Waals surface area contributed by atoms with Crippen LogP contribution in [0.1, 0.15) is 0 Å². The van der Waals surface area contributed by atoms with E-state index >= 15 is 0 Å². The summed E-state index contributed by atoms with van der Waals surface area (Å²) >= 11 is 0. The fourth-order valence-electron chi connectivity index (χ4n) is 1.02. The third kappa shape index (κ3) is 1.35. The van der Waals surface area contributed by atoms with Crippen LogP contribution in [0.2, 0.25) is 0 Å². The highest BCUT2D eigenvalue weighted by Gasteiger charge is 2.01. The van der Waals surface area contributed by atoms with E-state index in [1.54, 1.807) is 6.07 Å². The van der Waals surface area contributed by atoms with Gasteiger partial charge in [-0.2, -0.15) is 5.10 Å². The van der Waals surface area contributed by atoms with Crippen molar-refractivity contribution >= 4 is 5.69 Å². The average Bonchev–Trinajstić information content (AvgIpc) is 2.62. The molecular formula is C8H7FN4. The molecule has 0 saturated carbocycles. The molecule has 1 aromatic carbocycles. The first-order valence-corrected chi connectivity index (χ1v) is 3.67. The molecule has 4 nitrogen and oxygen atoms in total. The van der Waals surface area contributed by atoms with E-state index in [2.05, 4.69) is 10.1 Å². The lowest BCUT2D eigenvalue weighted by atomic mass is 10.3. The van der Waals surface area contributed by atoms with E-state index in [-0.39, 0.29) is 5.69 Å². The van der Waals surface area contributed by atoms with Crippen LogP contribution in [-0.4, -0.2) is 14.8 Å². The third-order valence-corrected chi connectivity index (χ3v) is 1.66. The average molecular weight is 178 g/mol. The number of nitrogens with zero attached hydrogens (tertiary/aromatic N) is 3. The molecule has 0 atom stereocenters. The minimum atomic E-state index is -0.427. The predicted octanol–water partition coefficient (Wildman–Crippen LogP) is 0.989. The quantitative estimate of drug-likeness (QED) is 0.662. The maximum absolute atomic E-state index is 12.8.